The Balaban J connectivity index is 1.36. The van der Waals surface area contributed by atoms with Crippen LogP contribution in [0.15, 0.2) is 34.1 Å². The van der Waals surface area contributed by atoms with Crippen molar-refractivity contribution in [3.05, 3.63) is 44.4 Å². The Bertz CT molecular complexity index is 1270. The van der Waals surface area contributed by atoms with Crippen LogP contribution in [0.5, 0.6) is 0 Å². The number of hydrogen-bond acceptors (Lipinski definition) is 7. The number of carboxylic acids is 1. The number of carbonyl (C=O) groups is 3. The third-order valence-electron chi connectivity index (χ3n) is 8.36. The van der Waals surface area contributed by atoms with Gasteiger partial charge < -0.3 is 15.0 Å². The average molecular weight is 514 g/mol. The van der Waals surface area contributed by atoms with E-state index in [4.69, 9.17) is 5.11 Å². The number of aromatic amines is 1. The molecule has 1 aromatic carbocycles. The second-order valence-electron chi connectivity index (χ2n) is 10.3. The summed E-state index contributed by atoms with van der Waals surface area (Å²) in [6.07, 6.45) is 1.07. The summed E-state index contributed by atoms with van der Waals surface area (Å²) in [4.78, 5) is 57.4. The van der Waals surface area contributed by atoms with Crippen LogP contribution < -0.4 is 9.77 Å². The number of nitrogens with one attached hydrogen (secondary N) is 1. The van der Waals surface area contributed by atoms with Gasteiger partial charge >= 0.3 is 10.8 Å². The summed E-state index contributed by atoms with van der Waals surface area (Å²) in [6, 6.07) is 8.44. The third-order valence-corrected chi connectivity index (χ3v) is 10.9. The molecule has 2 amide bonds. The van der Waals surface area contributed by atoms with E-state index < -0.39 is 5.97 Å². The number of aliphatic carboxylic acids is 1. The van der Waals surface area contributed by atoms with Gasteiger partial charge in [-0.3, -0.25) is 24.1 Å². The summed E-state index contributed by atoms with van der Waals surface area (Å²) in [5, 5.41) is 10.0. The molecule has 2 bridgehead atoms. The van der Waals surface area contributed by atoms with Crippen LogP contribution in [0.4, 0.5) is 5.69 Å². The van der Waals surface area contributed by atoms with E-state index >= 15 is 0 Å². The van der Waals surface area contributed by atoms with Crippen LogP contribution in [0.3, 0.4) is 0 Å². The number of carbonyl (C=O) groups excluding carboxylic acids is 2. The van der Waals surface area contributed by atoms with Crippen molar-refractivity contribution in [3.63, 3.8) is 0 Å². The summed E-state index contributed by atoms with van der Waals surface area (Å²) in [5.74, 6) is -1.50. The molecule has 1 aromatic heterocycles. The van der Waals surface area contributed by atoms with Crippen LogP contribution >= 0.6 is 23.1 Å². The quantitative estimate of drug-likeness (QED) is 0.572. The molecule has 10 heteroatoms. The number of imide groups is 1. The van der Waals surface area contributed by atoms with Gasteiger partial charge in [0.15, 0.2) is 0 Å². The van der Waals surface area contributed by atoms with Crippen molar-refractivity contribution < 1.29 is 19.5 Å². The molecule has 4 aliphatic rings. The molecule has 7 atom stereocenters. The van der Waals surface area contributed by atoms with Gasteiger partial charge in [0.05, 0.1) is 16.9 Å². The highest BCUT2D eigenvalue weighted by Gasteiger charge is 2.69. The summed E-state index contributed by atoms with van der Waals surface area (Å²) in [5.41, 5.74) is 2.24. The number of likely N-dealkylation sites (tertiary alicyclic amines) is 1. The zero-order chi connectivity index (χ0) is 24.6. The van der Waals surface area contributed by atoms with Crippen molar-refractivity contribution in [2.45, 2.75) is 35.5 Å². The number of thioether (sulfide) groups is 1. The molecule has 3 fully saturated rings. The predicted molar refractivity (Wildman–Crippen MR) is 133 cm³/mol. The van der Waals surface area contributed by atoms with Gasteiger partial charge in [0, 0.05) is 48.8 Å². The molecule has 184 valence electrons. The summed E-state index contributed by atoms with van der Waals surface area (Å²) in [7, 11) is 4.00. The fourth-order valence-electron chi connectivity index (χ4n) is 7.04. The van der Waals surface area contributed by atoms with Crippen molar-refractivity contribution in [2.75, 3.05) is 25.5 Å². The number of hydrogen-bond donors (Lipinski definition) is 2. The molecule has 2 aliphatic carbocycles. The summed E-state index contributed by atoms with van der Waals surface area (Å²) in [6.45, 7) is 0.176. The summed E-state index contributed by atoms with van der Waals surface area (Å²) < 4.78 is 0. The molecule has 2 N–H and O–H groups in total. The number of benzene rings is 1. The van der Waals surface area contributed by atoms with E-state index in [-0.39, 0.29) is 76.8 Å². The minimum absolute atomic E-state index is 0.0105. The van der Waals surface area contributed by atoms with Gasteiger partial charge in [-0.2, -0.15) is 0 Å². The SMILES string of the molecule is CN(C)c1ccc([C@@H]2c3sc(=O)[nH]c3S[C@@H]3[C@H]4C[C@@H]([C@@H]5C(=O)N(CCCC(=O)O)C(=O)[C@H]45)[C@H]23)cc1. The van der Waals surface area contributed by atoms with E-state index in [0.717, 1.165) is 27.6 Å². The van der Waals surface area contributed by atoms with Gasteiger partial charge in [0.2, 0.25) is 11.8 Å². The Morgan fingerprint density at radius 3 is 2.46 bits per heavy atom. The van der Waals surface area contributed by atoms with E-state index in [1.165, 1.54) is 16.2 Å². The third kappa shape index (κ3) is 3.40. The van der Waals surface area contributed by atoms with Crippen LogP contribution in [0, 0.1) is 29.6 Å². The molecule has 3 heterocycles. The van der Waals surface area contributed by atoms with Crippen molar-refractivity contribution in [3.8, 4) is 0 Å². The molecule has 1 saturated heterocycles. The van der Waals surface area contributed by atoms with Gasteiger partial charge in [-0.25, -0.2) is 0 Å². The molecule has 0 radical (unpaired) electrons. The number of H-pyrrole nitrogens is 1. The highest BCUT2D eigenvalue weighted by molar-refractivity contribution is 8.00. The molecule has 2 saturated carbocycles. The van der Waals surface area contributed by atoms with Crippen molar-refractivity contribution >= 4 is 46.6 Å². The number of aromatic nitrogens is 1. The zero-order valence-electron chi connectivity index (χ0n) is 19.5. The minimum atomic E-state index is -0.921. The molecule has 2 aliphatic heterocycles. The topological polar surface area (TPSA) is 111 Å². The lowest BCUT2D eigenvalue weighted by Crippen LogP contribution is -2.42. The number of nitrogens with zero attached hydrogens (tertiary/aromatic N) is 2. The number of rotatable bonds is 6. The molecule has 0 unspecified atom stereocenters. The Hall–Kier alpha value is -2.59. The highest BCUT2D eigenvalue weighted by Crippen LogP contribution is 2.68. The standard InChI is InChI=1S/C25H27N3O5S2/c1-27(2)12-7-5-11(6-8-12)16-17-13-10-14(20(17)34-22-21(16)35-25(33)26-22)19-18(13)23(31)28(24(19)32)9-3-4-15(29)30/h5-8,13-14,16-20H,3-4,9-10H2,1-2H3,(H,26,33)(H,29,30)/t13-,14+,16+,17-,18+,19-,20-/m1/s1. The van der Waals surface area contributed by atoms with E-state index in [1.807, 2.05) is 19.0 Å². The highest BCUT2D eigenvalue weighted by atomic mass is 32.2. The number of thiazole rings is 1. The van der Waals surface area contributed by atoms with Crippen LogP contribution in [-0.2, 0) is 14.4 Å². The van der Waals surface area contributed by atoms with Gasteiger partial charge in [-0.1, -0.05) is 23.5 Å². The average Bonchev–Trinajstić information content (AvgIpc) is 3.54. The molecular formula is C25H27N3O5S2. The van der Waals surface area contributed by atoms with Gasteiger partial charge in [0.25, 0.3) is 0 Å². The van der Waals surface area contributed by atoms with Crippen molar-refractivity contribution in [1.82, 2.24) is 9.88 Å². The molecule has 35 heavy (non-hydrogen) atoms. The predicted octanol–water partition coefficient (Wildman–Crippen LogP) is 2.84. The first-order chi connectivity index (χ1) is 16.8. The molecule has 0 spiro atoms. The molecule has 6 rings (SSSR count). The normalized spacial score (nSPS) is 32.5. The lowest BCUT2D eigenvalue weighted by molar-refractivity contribution is -0.142. The fourth-order valence-corrected chi connectivity index (χ4v) is 9.93. The van der Waals surface area contributed by atoms with E-state index in [1.54, 1.807) is 11.8 Å². The largest absolute Gasteiger partial charge is 0.481 e. The minimum Gasteiger partial charge on any atom is -0.481 e. The summed E-state index contributed by atoms with van der Waals surface area (Å²) >= 11 is 2.94. The number of anilines is 1. The Kier molecular flexibility index (Phi) is 5.37. The monoisotopic (exact) mass is 513 g/mol. The van der Waals surface area contributed by atoms with Crippen molar-refractivity contribution in [1.29, 1.82) is 0 Å². The van der Waals surface area contributed by atoms with Crippen LogP contribution in [0.25, 0.3) is 0 Å². The molecular weight excluding hydrogens is 486 g/mol. The number of carboxylic acid groups (broad SMARTS) is 1. The lowest BCUT2D eigenvalue weighted by atomic mass is 9.68. The van der Waals surface area contributed by atoms with E-state index in [2.05, 4.69) is 29.2 Å². The fraction of sp³-hybridized carbons (Fsp3) is 0.520. The van der Waals surface area contributed by atoms with Crippen molar-refractivity contribution in [2.24, 2.45) is 29.6 Å². The second kappa shape index (κ2) is 8.23. The smallest absolute Gasteiger partial charge is 0.305 e. The van der Waals surface area contributed by atoms with Gasteiger partial charge in [-0.15, -0.1) is 11.8 Å². The number of fused-ring (bicyclic) bond motifs is 9. The van der Waals surface area contributed by atoms with Gasteiger partial charge in [-0.05, 0) is 48.3 Å². The molecule has 2 aromatic rings. The van der Waals surface area contributed by atoms with Crippen LogP contribution in [-0.4, -0.2) is 58.7 Å². The Morgan fingerprint density at radius 2 is 1.80 bits per heavy atom. The van der Waals surface area contributed by atoms with Crippen LogP contribution in [0.2, 0.25) is 0 Å². The van der Waals surface area contributed by atoms with Gasteiger partial charge in [0.1, 0.15) is 0 Å². The maximum Gasteiger partial charge on any atom is 0.305 e. The second-order valence-corrected chi connectivity index (χ2v) is 12.5. The maximum absolute atomic E-state index is 13.4. The number of amides is 2. The maximum atomic E-state index is 13.4. The first-order valence-corrected chi connectivity index (χ1v) is 13.7. The first-order valence-electron chi connectivity index (χ1n) is 12.0. The first kappa shape index (κ1) is 22.8. The zero-order valence-corrected chi connectivity index (χ0v) is 21.1. The lowest BCUT2D eigenvalue weighted by Gasteiger charge is -2.43. The van der Waals surface area contributed by atoms with Crippen LogP contribution in [0.1, 0.15) is 35.6 Å². The Labute approximate surface area is 210 Å². The van der Waals surface area contributed by atoms with E-state index in [0.29, 0.717) is 0 Å². The van der Waals surface area contributed by atoms with E-state index in [9.17, 15) is 19.2 Å². The molecule has 8 nitrogen and oxygen atoms in total. The Morgan fingerprint density at radius 1 is 1.11 bits per heavy atom.